The second-order valence-electron chi connectivity index (χ2n) is 4.94. The normalized spacial score (nSPS) is 21.7. The highest BCUT2D eigenvalue weighted by Gasteiger charge is 2.60. The minimum absolute atomic E-state index is 0.0993. The zero-order chi connectivity index (χ0) is 15.3. The molecule has 2 rings (SSSR count). The number of esters is 1. The van der Waals surface area contributed by atoms with Crippen molar-refractivity contribution in [2.75, 3.05) is 20.3 Å². The van der Waals surface area contributed by atoms with Crippen LogP contribution in [0.5, 0.6) is 5.75 Å². The molecule has 1 fully saturated rings. The van der Waals surface area contributed by atoms with E-state index in [0.29, 0.717) is 24.5 Å². The summed E-state index contributed by atoms with van der Waals surface area (Å²) in [5.41, 5.74) is -1.36. The van der Waals surface area contributed by atoms with Gasteiger partial charge in [-0.2, -0.15) is 0 Å². The van der Waals surface area contributed by atoms with E-state index in [0.717, 1.165) is 5.75 Å². The second-order valence-corrected chi connectivity index (χ2v) is 5.37. The Balaban J connectivity index is 1.64. The number of epoxide rings is 1. The number of carbonyl (C=O) groups excluding carboxylic acids is 1. The molecule has 0 amide bonds. The lowest BCUT2D eigenvalue weighted by molar-refractivity contribution is -0.149. The van der Waals surface area contributed by atoms with Crippen LogP contribution in [0.25, 0.3) is 0 Å². The third kappa shape index (κ3) is 4.08. The Bertz CT molecular complexity index is 473. The SMILES string of the molecule is COC(=O)C1(C(F)CCCCOc2ccc(Cl)cc2)CO1. The summed E-state index contributed by atoms with van der Waals surface area (Å²) in [7, 11) is 1.23. The van der Waals surface area contributed by atoms with Crippen LogP contribution in [0.4, 0.5) is 4.39 Å². The van der Waals surface area contributed by atoms with Gasteiger partial charge in [-0.05, 0) is 43.5 Å². The maximum absolute atomic E-state index is 14.0. The van der Waals surface area contributed by atoms with Crippen LogP contribution in [-0.4, -0.2) is 38.1 Å². The molecule has 0 N–H and O–H groups in total. The van der Waals surface area contributed by atoms with Crippen molar-refractivity contribution in [3.05, 3.63) is 29.3 Å². The largest absolute Gasteiger partial charge is 0.494 e. The number of hydrogen-bond acceptors (Lipinski definition) is 4. The van der Waals surface area contributed by atoms with Crippen LogP contribution in [0.1, 0.15) is 19.3 Å². The maximum Gasteiger partial charge on any atom is 0.343 e. The first kappa shape index (κ1) is 16.0. The molecule has 2 atom stereocenters. The molecule has 21 heavy (non-hydrogen) atoms. The highest BCUT2D eigenvalue weighted by Crippen LogP contribution is 2.36. The quantitative estimate of drug-likeness (QED) is 0.420. The molecule has 0 aromatic heterocycles. The first-order valence-electron chi connectivity index (χ1n) is 6.83. The lowest BCUT2D eigenvalue weighted by Gasteiger charge is -2.14. The number of ether oxygens (including phenoxy) is 3. The molecular formula is C15H18ClFO4. The fourth-order valence-electron chi connectivity index (χ4n) is 2.06. The monoisotopic (exact) mass is 316 g/mol. The van der Waals surface area contributed by atoms with Crippen LogP contribution < -0.4 is 4.74 Å². The number of alkyl halides is 1. The van der Waals surface area contributed by atoms with Crippen molar-refractivity contribution < 1.29 is 23.4 Å². The van der Waals surface area contributed by atoms with Crippen molar-refractivity contribution in [2.24, 2.45) is 0 Å². The lowest BCUT2D eigenvalue weighted by atomic mass is 10.00. The number of methoxy groups -OCH3 is 1. The van der Waals surface area contributed by atoms with Crippen LogP contribution in [-0.2, 0) is 14.3 Å². The van der Waals surface area contributed by atoms with Gasteiger partial charge in [-0.15, -0.1) is 0 Å². The first-order valence-corrected chi connectivity index (χ1v) is 7.21. The van der Waals surface area contributed by atoms with Crippen LogP contribution >= 0.6 is 11.6 Å². The van der Waals surface area contributed by atoms with E-state index >= 15 is 0 Å². The van der Waals surface area contributed by atoms with Crippen molar-refractivity contribution in [3.63, 3.8) is 0 Å². The standard InChI is InChI=1S/C15H18ClFO4/c1-19-14(18)15(10-21-15)13(17)4-2-3-9-20-12-7-5-11(16)6-8-12/h5-8,13H,2-4,9-10H2,1H3. The van der Waals surface area contributed by atoms with Crippen molar-refractivity contribution in [1.29, 1.82) is 0 Å². The van der Waals surface area contributed by atoms with Gasteiger partial charge in [0, 0.05) is 5.02 Å². The minimum Gasteiger partial charge on any atom is -0.494 e. The topological polar surface area (TPSA) is 48.1 Å². The molecule has 0 saturated carbocycles. The molecular weight excluding hydrogens is 299 g/mol. The van der Waals surface area contributed by atoms with E-state index < -0.39 is 17.7 Å². The fraction of sp³-hybridized carbons (Fsp3) is 0.533. The fourth-order valence-corrected chi connectivity index (χ4v) is 2.18. The van der Waals surface area contributed by atoms with E-state index in [-0.39, 0.29) is 13.0 Å². The number of benzene rings is 1. The van der Waals surface area contributed by atoms with Gasteiger partial charge in [0.1, 0.15) is 11.9 Å². The Hall–Kier alpha value is -1.33. The van der Waals surface area contributed by atoms with Crippen LogP contribution in [0.2, 0.25) is 5.02 Å². The molecule has 4 nitrogen and oxygen atoms in total. The van der Waals surface area contributed by atoms with Crippen LogP contribution in [0, 0.1) is 0 Å². The number of carbonyl (C=O) groups is 1. The Morgan fingerprint density at radius 2 is 2.10 bits per heavy atom. The van der Waals surface area contributed by atoms with Gasteiger partial charge in [0.2, 0.25) is 5.60 Å². The molecule has 0 radical (unpaired) electrons. The Morgan fingerprint density at radius 1 is 1.43 bits per heavy atom. The summed E-state index contributed by atoms with van der Waals surface area (Å²) in [6.07, 6.45) is 0.219. The van der Waals surface area contributed by atoms with Gasteiger partial charge in [-0.1, -0.05) is 11.6 Å². The molecule has 1 saturated heterocycles. The lowest BCUT2D eigenvalue weighted by Crippen LogP contribution is -2.36. The number of rotatable bonds is 8. The van der Waals surface area contributed by atoms with E-state index in [1.807, 2.05) is 0 Å². The molecule has 1 aliphatic heterocycles. The highest BCUT2D eigenvalue weighted by molar-refractivity contribution is 6.30. The summed E-state index contributed by atoms with van der Waals surface area (Å²) in [6.45, 7) is 0.586. The predicted molar refractivity (Wildman–Crippen MR) is 76.4 cm³/mol. The number of unbranched alkanes of at least 4 members (excludes halogenated alkanes) is 1. The Labute approximate surface area is 128 Å². The molecule has 0 spiro atoms. The van der Waals surface area contributed by atoms with Crippen molar-refractivity contribution >= 4 is 17.6 Å². The van der Waals surface area contributed by atoms with Gasteiger partial charge in [-0.3, -0.25) is 0 Å². The van der Waals surface area contributed by atoms with Crippen molar-refractivity contribution in [2.45, 2.75) is 31.0 Å². The zero-order valence-corrected chi connectivity index (χ0v) is 12.6. The number of halogens is 2. The Morgan fingerprint density at radius 3 is 2.67 bits per heavy atom. The van der Waals surface area contributed by atoms with Gasteiger partial charge < -0.3 is 14.2 Å². The summed E-state index contributed by atoms with van der Waals surface area (Å²) in [4.78, 5) is 11.4. The van der Waals surface area contributed by atoms with E-state index in [2.05, 4.69) is 4.74 Å². The maximum atomic E-state index is 14.0. The van der Waals surface area contributed by atoms with Crippen LogP contribution in [0.15, 0.2) is 24.3 Å². The summed E-state index contributed by atoms with van der Waals surface area (Å²) >= 11 is 5.77. The molecule has 2 unspecified atom stereocenters. The van der Waals surface area contributed by atoms with Gasteiger partial charge in [0.15, 0.2) is 0 Å². The predicted octanol–water partition coefficient (Wildman–Crippen LogP) is 3.17. The average molecular weight is 317 g/mol. The molecule has 0 aliphatic carbocycles. The van der Waals surface area contributed by atoms with Gasteiger partial charge in [-0.25, -0.2) is 9.18 Å². The second kappa shape index (κ2) is 7.09. The van der Waals surface area contributed by atoms with Gasteiger partial charge >= 0.3 is 5.97 Å². The molecule has 6 heteroatoms. The molecule has 1 aromatic rings. The third-order valence-electron chi connectivity index (χ3n) is 3.43. The van der Waals surface area contributed by atoms with Gasteiger partial charge in [0.05, 0.1) is 20.3 Å². The molecule has 1 heterocycles. The molecule has 0 bridgehead atoms. The summed E-state index contributed by atoms with van der Waals surface area (Å²) < 4.78 is 29.0. The van der Waals surface area contributed by atoms with E-state index in [1.54, 1.807) is 24.3 Å². The minimum atomic E-state index is -1.36. The van der Waals surface area contributed by atoms with E-state index in [4.69, 9.17) is 21.1 Å². The summed E-state index contributed by atoms with van der Waals surface area (Å²) in [6, 6.07) is 7.06. The highest BCUT2D eigenvalue weighted by atomic mass is 35.5. The van der Waals surface area contributed by atoms with Crippen molar-refractivity contribution in [3.8, 4) is 5.75 Å². The van der Waals surface area contributed by atoms with Gasteiger partial charge in [0.25, 0.3) is 0 Å². The van der Waals surface area contributed by atoms with Crippen LogP contribution in [0.3, 0.4) is 0 Å². The Kier molecular flexibility index (Phi) is 5.42. The summed E-state index contributed by atoms with van der Waals surface area (Å²) in [5.74, 6) is 0.0974. The molecule has 116 valence electrons. The molecule has 1 aromatic carbocycles. The third-order valence-corrected chi connectivity index (χ3v) is 3.68. The number of hydrogen-bond donors (Lipinski definition) is 0. The van der Waals surface area contributed by atoms with Crippen molar-refractivity contribution in [1.82, 2.24) is 0 Å². The molecule has 1 aliphatic rings. The summed E-state index contributed by atoms with van der Waals surface area (Å²) in [5, 5.41) is 0.653. The first-order chi connectivity index (χ1) is 10.1. The zero-order valence-electron chi connectivity index (χ0n) is 11.8. The van der Waals surface area contributed by atoms with E-state index in [9.17, 15) is 9.18 Å². The smallest absolute Gasteiger partial charge is 0.343 e. The average Bonchev–Trinajstić information content (AvgIpc) is 3.29. The van der Waals surface area contributed by atoms with E-state index in [1.165, 1.54) is 7.11 Å².